The third kappa shape index (κ3) is 4.13. The summed E-state index contributed by atoms with van der Waals surface area (Å²) in [5.74, 6) is -1.26. The summed E-state index contributed by atoms with van der Waals surface area (Å²) in [5, 5.41) is 12.0. The first-order valence-electron chi connectivity index (χ1n) is 6.28. The Hall–Kier alpha value is -2.21. The monoisotopic (exact) mass is 307 g/mol. The van der Waals surface area contributed by atoms with Crippen molar-refractivity contribution in [1.29, 1.82) is 0 Å². The van der Waals surface area contributed by atoms with Crippen LogP contribution in [0, 0.1) is 5.82 Å². The second-order valence-corrected chi connectivity index (χ2v) is 5.85. The van der Waals surface area contributed by atoms with Crippen molar-refractivity contribution in [3.05, 3.63) is 59.9 Å². The normalized spacial score (nSPS) is 11.9. The van der Waals surface area contributed by atoms with Crippen molar-refractivity contribution < 1.29 is 18.5 Å². The van der Waals surface area contributed by atoms with Crippen LogP contribution in [0.4, 0.5) is 4.39 Å². The van der Waals surface area contributed by atoms with Crippen molar-refractivity contribution in [2.24, 2.45) is 0 Å². The first-order valence-corrected chi connectivity index (χ1v) is 7.60. The molecule has 21 heavy (non-hydrogen) atoms. The van der Waals surface area contributed by atoms with Gasteiger partial charge in [-0.15, -0.1) is 0 Å². The number of halogens is 1. The number of phenolic OH excluding ortho intramolecular Hbond substituents is 1. The minimum Gasteiger partial charge on any atom is -0.507 e. The van der Waals surface area contributed by atoms with Crippen molar-refractivity contribution in [3.63, 3.8) is 0 Å². The molecule has 0 bridgehead atoms. The minimum atomic E-state index is -1.22. The summed E-state index contributed by atoms with van der Waals surface area (Å²) in [6.07, 6.45) is 0. The fourth-order valence-electron chi connectivity index (χ4n) is 1.73. The molecule has 0 spiro atoms. The Labute approximate surface area is 124 Å². The molecule has 0 heterocycles. The fourth-order valence-corrected chi connectivity index (χ4v) is 2.72. The molecule has 2 N–H and O–H groups in total. The van der Waals surface area contributed by atoms with Crippen LogP contribution in [0.15, 0.2) is 53.4 Å². The molecule has 2 aromatic carbocycles. The molecule has 0 saturated carbocycles. The van der Waals surface area contributed by atoms with Gasteiger partial charge in [-0.1, -0.05) is 18.2 Å². The molecular weight excluding hydrogens is 293 g/mol. The van der Waals surface area contributed by atoms with E-state index in [1.165, 1.54) is 0 Å². The van der Waals surface area contributed by atoms with Gasteiger partial charge in [0.1, 0.15) is 11.6 Å². The van der Waals surface area contributed by atoms with Gasteiger partial charge in [0.2, 0.25) is 0 Å². The highest BCUT2D eigenvalue weighted by Gasteiger charge is 2.12. The van der Waals surface area contributed by atoms with Crippen LogP contribution >= 0.6 is 0 Å². The molecule has 0 fully saturated rings. The van der Waals surface area contributed by atoms with E-state index in [2.05, 4.69) is 5.32 Å². The van der Waals surface area contributed by atoms with Crippen molar-refractivity contribution in [1.82, 2.24) is 5.32 Å². The topological polar surface area (TPSA) is 66.4 Å². The molecule has 0 aliphatic carbocycles. The number of aromatic hydroxyl groups is 1. The first-order chi connectivity index (χ1) is 10.1. The molecule has 0 aliphatic heterocycles. The molecule has 2 aromatic rings. The SMILES string of the molecule is O=C(NCCS(=O)c1ccccc1)c1cc(F)ccc1O. The van der Waals surface area contributed by atoms with Gasteiger partial charge in [-0.3, -0.25) is 9.00 Å². The Kier molecular flexibility index (Phi) is 5.05. The molecule has 0 aliphatic rings. The Bertz CT molecular complexity index is 661. The first kappa shape index (κ1) is 15.2. The number of rotatable bonds is 5. The fraction of sp³-hybridized carbons (Fsp3) is 0.133. The van der Waals surface area contributed by atoms with Gasteiger partial charge in [-0.2, -0.15) is 0 Å². The maximum atomic E-state index is 13.0. The lowest BCUT2D eigenvalue weighted by molar-refractivity contribution is 0.0953. The second-order valence-electron chi connectivity index (χ2n) is 4.28. The van der Waals surface area contributed by atoms with Gasteiger partial charge >= 0.3 is 0 Å². The highest BCUT2D eigenvalue weighted by atomic mass is 32.2. The second kappa shape index (κ2) is 6.99. The number of carbonyl (C=O) groups excluding carboxylic acids is 1. The van der Waals surface area contributed by atoms with Gasteiger partial charge in [0.05, 0.1) is 16.4 Å². The zero-order chi connectivity index (χ0) is 15.2. The van der Waals surface area contributed by atoms with E-state index >= 15 is 0 Å². The maximum Gasteiger partial charge on any atom is 0.255 e. The highest BCUT2D eigenvalue weighted by Crippen LogP contribution is 2.17. The number of nitrogens with one attached hydrogen (secondary N) is 1. The summed E-state index contributed by atoms with van der Waals surface area (Å²) in [6.45, 7) is 0.163. The smallest absolute Gasteiger partial charge is 0.255 e. The summed E-state index contributed by atoms with van der Waals surface area (Å²) in [7, 11) is -1.22. The lowest BCUT2D eigenvalue weighted by Gasteiger charge is -2.07. The summed E-state index contributed by atoms with van der Waals surface area (Å²) >= 11 is 0. The van der Waals surface area contributed by atoms with E-state index in [4.69, 9.17) is 0 Å². The average Bonchev–Trinajstić information content (AvgIpc) is 2.50. The lowest BCUT2D eigenvalue weighted by Crippen LogP contribution is -2.27. The number of hydrogen-bond donors (Lipinski definition) is 2. The third-order valence-electron chi connectivity index (χ3n) is 2.78. The maximum absolute atomic E-state index is 13.0. The highest BCUT2D eigenvalue weighted by molar-refractivity contribution is 7.85. The standard InChI is InChI=1S/C15H14FNO3S/c16-11-6-7-14(18)13(10-11)15(19)17-8-9-21(20)12-4-2-1-3-5-12/h1-7,10,18H,8-9H2,(H,17,19). The zero-order valence-electron chi connectivity index (χ0n) is 11.1. The van der Waals surface area contributed by atoms with E-state index in [1.54, 1.807) is 24.3 Å². The summed E-state index contributed by atoms with van der Waals surface area (Å²) < 4.78 is 25.0. The molecule has 4 nitrogen and oxygen atoms in total. The van der Waals surface area contributed by atoms with Crippen molar-refractivity contribution in [2.45, 2.75) is 4.90 Å². The van der Waals surface area contributed by atoms with E-state index < -0.39 is 22.5 Å². The predicted molar refractivity (Wildman–Crippen MR) is 78.1 cm³/mol. The van der Waals surface area contributed by atoms with Crippen LogP contribution in [0.5, 0.6) is 5.75 Å². The van der Waals surface area contributed by atoms with Crippen LogP contribution in [-0.4, -0.2) is 27.5 Å². The Morgan fingerprint density at radius 3 is 2.62 bits per heavy atom. The third-order valence-corrected chi connectivity index (χ3v) is 4.16. The number of carbonyl (C=O) groups is 1. The van der Waals surface area contributed by atoms with Crippen molar-refractivity contribution >= 4 is 16.7 Å². The van der Waals surface area contributed by atoms with E-state index in [0.717, 1.165) is 18.2 Å². The van der Waals surface area contributed by atoms with Gasteiger partial charge in [0.15, 0.2) is 0 Å². The lowest BCUT2D eigenvalue weighted by atomic mass is 10.2. The number of benzene rings is 2. The Balaban J connectivity index is 1.90. The largest absolute Gasteiger partial charge is 0.507 e. The quantitative estimate of drug-likeness (QED) is 0.888. The zero-order valence-corrected chi connectivity index (χ0v) is 11.9. The molecule has 0 saturated heterocycles. The van der Waals surface area contributed by atoms with Crippen LogP contribution in [0.25, 0.3) is 0 Å². The summed E-state index contributed by atoms with van der Waals surface area (Å²) in [4.78, 5) is 12.5. The number of amides is 1. The minimum absolute atomic E-state index is 0.138. The Morgan fingerprint density at radius 2 is 1.90 bits per heavy atom. The number of hydrogen-bond acceptors (Lipinski definition) is 3. The van der Waals surface area contributed by atoms with Crippen LogP contribution < -0.4 is 5.32 Å². The van der Waals surface area contributed by atoms with E-state index in [9.17, 15) is 18.5 Å². The van der Waals surface area contributed by atoms with E-state index in [0.29, 0.717) is 4.90 Å². The van der Waals surface area contributed by atoms with E-state index in [-0.39, 0.29) is 23.6 Å². The van der Waals surface area contributed by atoms with Crippen LogP contribution in [0.3, 0.4) is 0 Å². The molecule has 6 heteroatoms. The Morgan fingerprint density at radius 1 is 1.19 bits per heavy atom. The molecule has 2 rings (SSSR count). The summed E-state index contributed by atoms with van der Waals surface area (Å²) in [6, 6.07) is 12.0. The van der Waals surface area contributed by atoms with Crippen molar-refractivity contribution in [3.8, 4) is 5.75 Å². The van der Waals surface area contributed by atoms with Crippen LogP contribution in [-0.2, 0) is 10.8 Å². The summed E-state index contributed by atoms with van der Waals surface area (Å²) in [5.41, 5.74) is -0.138. The number of phenols is 1. The average molecular weight is 307 g/mol. The molecule has 1 amide bonds. The van der Waals surface area contributed by atoms with Crippen molar-refractivity contribution in [2.75, 3.05) is 12.3 Å². The molecule has 0 radical (unpaired) electrons. The van der Waals surface area contributed by atoms with Gasteiger partial charge in [-0.05, 0) is 30.3 Å². The van der Waals surface area contributed by atoms with Gasteiger partial charge in [-0.25, -0.2) is 4.39 Å². The molecule has 1 atom stereocenters. The van der Waals surface area contributed by atoms with Crippen LogP contribution in [0.1, 0.15) is 10.4 Å². The molecule has 1 unspecified atom stereocenters. The van der Waals surface area contributed by atoms with Gasteiger partial charge in [0, 0.05) is 17.2 Å². The molecule has 0 aromatic heterocycles. The van der Waals surface area contributed by atoms with Crippen LogP contribution in [0.2, 0.25) is 0 Å². The van der Waals surface area contributed by atoms with Gasteiger partial charge < -0.3 is 10.4 Å². The molecule has 110 valence electrons. The predicted octanol–water partition coefficient (Wildman–Crippen LogP) is 2.07. The van der Waals surface area contributed by atoms with Gasteiger partial charge in [0.25, 0.3) is 5.91 Å². The molecular formula is C15H14FNO3S. The van der Waals surface area contributed by atoms with E-state index in [1.807, 2.05) is 6.07 Å².